The summed E-state index contributed by atoms with van der Waals surface area (Å²) in [6, 6.07) is 0. The first-order valence-electron chi connectivity index (χ1n) is 1.68. The van der Waals surface area contributed by atoms with Crippen molar-refractivity contribution in [3.63, 3.8) is 0 Å². The second-order valence-electron chi connectivity index (χ2n) is 1.11. The molecule has 0 amide bonds. The van der Waals surface area contributed by atoms with Crippen molar-refractivity contribution in [2.45, 2.75) is 6.18 Å². The Morgan fingerprint density at radius 3 is 1.50 bits per heavy atom. The number of alkyl halides is 3. The van der Waals surface area contributed by atoms with Crippen LogP contribution in [0.4, 0.5) is 13.2 Å². The molecule has 3 nitrogen and oxygen atoms in total. The van der Waals surface area contributed by atoms with E-state index in [0.29, 0.717) is 0 Å². The van der Waals surface area contributed by atoms with Crippen molar-refractivity contribution >= 4 is 11.8 Å². The lowest BCUT2D eigenvalue weighted by Gasteiger charge is -2.03. The van der Waals surface area contributed by atoms with Gasteiger partial charge in [0.05, 0.1) is 0 Å². The maximum absolute atomic E-state index is 10.9. The topological polar surface area (TPSA) is 57.2 Å². The van der Waals surface area contributed by atoms with Crippen molar-refractivity contribution < 1.29 is 32.6 Å². The highest BCUT2D eigenvalue weighted by molar-refractivity contribution is 6.33. The SMILES string of the molecule is O=C([O-])C(=O)C(F)(F)F.[F-]. The van der Waals surface area contributed by atoms with E-state index < -0.39 is 17.9 Å². The van der Waals surface area contributed by atoms with Crippen LogP contribution in [-0.4, -0.2) is 17.9 Å². The molecule has 0 spiro atoms. The monoisotopic (exact) mass is 160 g/mol. The molecule has 0 aliphatic rings. The zero-order chi connectivity index (χ0) is 7.65. The van der Waals surface area contributed by atoms with E-state index in [0.717, 1.165) is 0 Å². The van der Waals surface area contributed by atoms with E-state index in [1.165, 1.54) is 0 Å². The molecule has 0 aromatic heterocycles. The average molecular weight is 160 g/mol. The molecule has 0 aromatic rings. The smallest absolute Gasteiger partial charge is 0.456 e. The lowest BCUT2D eigenvalue weighted by Crippen LogP contribution is -3.00. The van der Waals surface area contributed by atoms with Crippen LogP contribution in [0.15, 0.2) is 0 Å². The molecule has 0 fully saturated rings. The van der Waals surface area contributed by atoms with E-state index in [-0.39, 0.29) is 4.70 Å². The molecule has 7 heteroatoms. The summed E-state index contributed by atoms with van der Waals surface area (Å²) in [6.07, 6.45) is -5.32. The number of ketones is 1. The van der Waals surface area contributed by atoms with Gasteiger partial charge >= 0.3 is 6.18 Å². The predicted molar refractivity (Wildman–Crippen MR) is 16.1 cm³/mol. The second-order valence-corrected chi connectivity index (χ2v) is 1.11. The highest BCUT2D eigenvalue weighted by Gasteiger charge is 2.38. The zero-order valence-electron chi connectivity index (χ0n) is 4.24. The fourth-order valence-corrected chi connectivity index (χ4v) is 0.116. The number of rotatable bonds is 1. The van der Waals surface area contributed by atoms with E-state index in [1.54, 1.807) is 0 Å². The molecule has 0 atom stereocenters. The standard InChI is InChI=1S/C3HF3O3.FH/c4-3(5,6)1(7)2(8)9;/h(H,8,9);1H/p-2. The number of carbonyl (C=O) groups is 2. The molecule has 0 unspecified atom stereocenters. The van der Waals surface area contributed by atoms with Gasteiger partial charge in [-0.25, -0.2) is 0 Å². The van der Waals surface area contributed by atoms with E-state index in [9.17, 15) is 18.0 Å². The summed E-state index contributed by atoms with van der Waals surface area (Å²) < 4.78 is 32.8. The van der Waals surface area contributed by atoms with Crippen molar-refractivity contribution in [3.05, 3.63) is 0 Å². The van der Waals surface area contributed by atoms with Crippen LogP contribution in [0.5, 0.6) is 0 Å². The van der Waals surface area contributed by atoms with Crippen LogP contribution in [0, 0.1) is 0 Å². The van der Waals surface area contributed by atoms with Gasteiger partial charge in [-0.2, -0.15) is 13.2 Å². The van der Waals surface area contributed by atoms with Gasteiger partial charge in [0.15, 0.2) is 0 Å². The molecular weight excluding hydrogens is 160 g/mol. The minimum Gasteiger partial charge on any atom is -1.00 e. The number of carbonyl (C=O) groups excluding carboxylic acids is 2. The van der Waals surface area contributed by atoms with E-state index in [1.807, 2.05) is 0 Å². The molecular formula is C3F4O3-2. The number of hydrogen-bond acceptors (Lipinski definition) is 3. The van der Waals surface area contributed by atoms with Crippen LogP contribution in [-0.2, 0) is 9.59 Å². The van der Waals surface area contributed by atoms with Crippen molar-refractivity contribution in [2.75, 3.05) is 0 Å². The molecule has 10 heavy (non-hydrogen) atoms. The molecule has 0 saturated carbocycles. The summed E-state index contributed by atoms with van der Waals surface area (Å²) in [5, 5.41) is 9.17. The minimum absolute atomic E-state index is 0. The first-order valence-corrected chi connectivity index (χ1v) is 1.68. The summed E-state index contributed by atoms with van der Waals surface area (Å²) >= 11 is 0. The molecule has 0 bridgehead atoms. The largest absolute Gasteiger partial charge is 1.00 e. The van der Waals surface area contributed by atoms with Crippen LogP contribution < -0.4 is 9.81 Å². The third-order valence-electron chi connectivity index (χ3n) is 0.443. The number of halogens is 4. The Morgan fingerprint density at radius 1 is 1.20 bits per heavy atom. The van der Waals surface area contributed by atoms with Gasteiger partial charge in [0.2, 0.25) is 0 Å². The van der Waals surface area contributed by atoms with Gasteiger partial charge in [0.1, 0.15) is 5.97 Å². The lowest BCUT2D eigenvalue weighted by atomic mass is 10.4. The lowest BCUT2D eigenvalue weighted by molar-refractivity contribution is -0.304. The Kier molecular flexibility index (Phi) is 3.65. The quantitative estimate of drug-likeness (QED) is 0.289. The Bertz CT molecular complexity index is 148. The van der Waals surface area contributed by atoms with Gasteiger partial charge in [0, 0.05) is 0 Å². The van der Waals surface area contributed by atoms with E-state index >= 15 is 0 Å². The van der Waals surface area contributed by atoms with Crippen LogP contribution in [0.2, 0.25) is 0 Å². The summed E-state index contributed by atoms with van der Waals surface area (Å²) in [5.41, 5.74) is 0. The Morgan fingerprint density at radius 2 is 1.50 bits per heavy atom. The van der Waals surface area contributed by atoms with Gasteiger partial charge in [0.25, 0.3) is 5.78 Å². The van der Waals surface area contributed by atoms with Crippen LogP contribution in [0.3, 0.4) is 0 Å². The Hall–Kier alpha value is -1.14. The fraction of sp³-hybridized carbons (Fsp3) is 0.333. The molecule has 0 N–H and O–H groups in total. The van der Waals surface area contributed by atoms with Gasteiger partial charge < -0.3 is 14.6 Å². The molecule has 60 valence electrons. The summed E-state index contributed by atoms with van der Waals surface area (Å²) in [5.74, 6) is -5.59. The number of carboxylic acids is 1. The third-order valence-corrected chi connectivity index (χ3v) is 0.443. The number of hydrogen-bond donors (Lipinski definition) is 0. The van der Waals surface area contributed by atoms with E-state index in [4.69, 9.17) is 9.90 Å². The predicted octanol–water partition coefficient (Wildman–Crippen LogP) is -4.13. The maximum Gasteiger partial charge on any atom is 0.456 e. The van der Waals surface area contributed by atoms with Gasteiger partial charge in [-0.05, 0) is 0 Å². The second kappa shape index (κ2) is 3.14. The zero-order valence-corrected chi connectivity index (χ0v) is 4.24. The molecule has 0 aliphatic heterocycles. The first kappa shape index (κ1) is 11.6. The Labute approximate surface area is 51.8 Å². The summed E-state index contributed by atoms with van der Waals surface area (Å²) in [4.78, 5) is 18.5. The molecule has 0 rings (SSSR count). The minimum atomic E-state index is -5.32. The Balaban J connectivity index is 0. The number of aliphatic carboxylic acids is 1. The average Bonchev–Trinajstić information content (AvgIpc) is 1.62. The number of carboxylic acid groups (broad SMARTS) is 1. The van der Waals surface area contributed by atoms with Crippen molar-refractivity contribution in [3.8, 4) is 0 Å². The van der Waals surface area contributed by atoms with Crippen molar-refractivity contribution in [1.29, 1.82) is 0 Å². The van der Waals surface area contributed by atoms with E-state index in [2.05, 4.69) is 0 Å². The number of Topliss-reactive ketones (excluding diaryl/α,β-unsaturated/α-hetero) is 1. The normalized spacial score (nSPS) is 9.90. The van der Waals surface area contributed by atoms with Gasteiger partial charge in [-0.15, -0.1) is 0 Å². The molecule has 0 aromatic carbocycles. The van der Waals surface area contributed by atoms with Crippen LogP contribution in [0.25, 0.3) is 0 Å². The first-order chi connectivity index (χ1) is 3.85. The van der Waals surface area contributed by atoms with Crippen LogP contribution >= 0.6 is 0 Å². The van der Waals surface area contributed by atoms with Crippen LogP contribution in [0.1, 0.15) is 0 Å². The molecule has 0 radical (unpaired) electrons. The molecule has 0 saturated heterocycles. The highest BCUT2D eigenvalue weighted by atomic mass is 19.4. The highest BCUT2D eigenvalue weighted by Crippen LogP contribution is 2.14. The maximum atomic E-state index is 10.9. The third kappa shape index (κ3) is 3.00. The van der Waals surface area contributed by atoms with Gasteiger partial charge in [-0.3, -0.25) is 4.79 Å². The van der Waals surface area contributed by atoms with Gasteiger partial charge in [-0.1, -0.05) is 0 Å². The van der Waals surface area contributed by atoms with Crippen molar-refractivity contribution in [1.82, 2.24) is 0 Å². The fourth-order valence-electron chi connectivity index (χ4n) is 0.116. The summed E-state index contributed by atoms with van der Waals surface area (Å²) in [6.45, 7) is 0. The van der Waals surface area contributed by atoms with Crippen molar-refractivity contribution in [2.24, 2.45) is 0 Å². The molecule has 0 heterocycles. The molecule has 0 aliphatic carbocycles. The summed E-state index contributed by atoms with van der Waals surface area (Å²) in [7, 11) is 0.